The Morgan fingerprint density at radius 3 is 1.78 bits per heavy atom. The third-order valence-corrected chi connectivity index (χ3v) is 11.6. The highest BCUT2D eigenvalue weighted by molar-refractivity contribution is 6.24. The van der Waals surface area contributed by atoms with Gasteiger partial charge in [-0.1, -0.05) is 133 Å². The first-order valence-corrected chi connectivity index (χ1v) is 19.6. The van der Waals surface area contributed by atoms with Crippen LogP contribution in [0.1, 0.15) is 0 Å². The summed E-state index contributed by atoms with van der Waals surface area (Å²) in [6.45, 7) is 0. The predicted octanol–water partition coefficient (Wildman–Crippen LogP) is 13.4. The number of hydrogen-bond donors (Lipinski definition) is 0. The van der Waals surface area contributed by atoms with Gasteiger partial charge in [0.1, 0.15) is 0 Å². The van der Waals surface area contributed by atoms with Crippen molar-refractivity contribution in [2.75, 3.05) is 0 Å². The lowest BCUT2D eigenvalue weighted by atomic mass is 9.94. The van der Waals surface area contributed by atoms with Gasteiger partial charge in [-0.15, -0.1) is 0 Å². The van der Waals surface area contributed by atoms with Crippen LogP contribution in [0.4, 0.5) is 0 Å². The highest BCUT2D eigenvalue weighted by Crippen LogP contribution is 2.43. The summed E-state index contributed by atoms with van der Waals surface area (Å²) in [5, 5.41) is 8.22. The summed E-state index contributed by atoms with van der Waals surface area (Å²) in [7, 11) is 0. The van der Waals surface area contributed by atoms with Gasteiger partial charge in [-0.05, 0) is 82.6 Å². The van der Waals surface area contributed by atoms with Gasteiger partial charge in [0.2, 0.25) is 5.95 Å². The number of fused-ring (bicyclic) bond motifs is 9. The molecule has 4 aromatic heterocycles. The molecule has 4 heterocycles. The maximum atomic E-state index is 5.44. The van der Waals surface area contributed by atoms with Crippen molar-refractivity contribution in [1.82, 2.24) is 24.1 Å². The van der Waals surface area contributed by atoms with E-state index in [2.05, 4.69) is 190 Å². The molecule has 5 nitrogen and oxygen atoms in total. The zero-order valence-corrected chi connectivity index (χ0v) is 31.3. The molecule has 0 aliphatic carbocycles. The van der Waals surface area contributed by atoms with E-state index < -0.39 is 0 Å². The average molecular weight is 740 g/mol. The van der Waals surface area contributed by atoms with Crippen LogP contribution < -0.4 is 0 Å². The summed E-state index contributed by atoms with van der Waals surface area (Å²) in [4.78, 5) is 15.3. The fourth-order valence-electron chi connectivity index (χ4n) is 9.00. The SMILES string of the molecule is c1ccc(-n2c3ccccc3c3cc(-c4cc5c(c6ccccc46)c4ccccc4n5-c4nc(-c5ccc(-c6ccccn6)cc5)c5ccccc5n4)ccc32)cc1. The van der Waals surface area contributed by atoms with Crippen molar-refractivity contribution in [3.05, 3.63) is 200 Å². The van der Waals surface area contributed by atoms with E-state index in [0.29, 0.717) is 5.95 Å². The summed E-state index contributed by atoms with van der Waals surface area (Å²) >= 11 is 0. The largest absolute Gasteiger partial charge is 0.309 e. The highest BCUT2D eigenvalue weighted by Gasteiger charge is 2.21. The van der Waals surface area contributed by atoms with Crippen molar-refractivity contribution >= 4 is 65.3 Å². The summed E-state index contributed by atoms with van der Waals surface area (Å²) in [6.07, 6.45) is 1.83. The Kier molecular flexibility index (Phi) is 7.16. The van der Waals surface area contributed by atoms with Crippen molar-refractivity contribution < 1.29 is 0 Å². The van der Waals surface area contributed by atoms with Crippen LogP contribution in [0.2, 0.25) is 0 Å². The lowest BCUT2D eigenvalue weighted by Gasteiger charge is -2.14. The minimum Gasteiger partial charge on any atom is -0.309 e. The molecule has 0 N–H and O–H groups in total. The van der Waals surface area contributed by atoms with Crippen LogP contribution in [0, 0.1) is 0 Å². The van der Waals surface area contributed by atoms with E-state index in [4.69, 9.17) is 9.97 Å². The molecule has 0 saturated heterocycles. The normalized spacial score (nSPS) is 11.8. The van der Waals surface area contributed by atoms with Crippen LogP contribution in [-0.4, -0.2) is 24.1 Å². The lowest BCUT2D eigenvalue weighted by Crippen LogP contribution is -2.03. The molecule has 12 rings (SSSR count). The van der Waals surface area contributed by atoms with E-state index in [1.54, 1.807) is 0 Å². The van der Waals surface area contributed by atoms with Crippen molar-refractivity contribution in [3.63, 3.8) is 0 Å². The molecule has 0 fully saturated rings. The minimum atomic E-state index is 0.635. The van der Waals surface area contributed by atoms with E-state index in [1.807, 2.05) is 24.4 Å². The Hall–Kier alpha value is -7.89. The second-order valence-electron chi connectivity index (χ2n) is 14.8. The Balaban J connectivity index is 1.12. The van der Waals surface area contributed by atoms with Gasteiger partial charge >= 0.3 is 0 Å². The maximum absolute atomic E-state index is 5.44. The first kappa shape index (κ1) is 32.4. The Morgan fingerprint density at radius 1 is 0.362 bits per heavy atom. The molecule has 0 atom stereocenters. The Labute approximate surface area is 333 Å². The van der Waals surface area contributed by atoms with Gasteiger partial charge in [0.05, 0.1) is 39.0 Å². The first-order valence-electron chi connectivity index (χ1n) is 19.6. The van der Waals surface area contributed by atoms with E-state index in [1.165, 1.54) is 43.4 Å². The monoisotopic (exact) mass is 739 g/mol. The van der Waals surface area contributed by atoms with Gasteiger partial charge in [0.15, 0.2) is 0 Å². The maximum Gasteiger partial charge on any atom is 0.235 e. The number of hydrogen-bond acceptors (Lipinski definition) is 3. The van der Waals surface area contributed by atoms with Gasteiger partial charge in [-0.3, -0.25) is 9.55 Å². The molecule has 270 valence electrons. The molecule has 0 amide bonds. The van der Waals surface area contributed by atoms with Crippen molar-refractivity contribution in [2.45, 2.75) is 0 Å². The van der Waals surface area contributed by atoms with Crippen LogP contribution >= 0.6 is 0 Å². The third kappa shape index (κ3) is 4.93. The molecule has 0 bridgehead atoms. The molecule has 8 aromatic carbocycles. The fourth-order valence-corrected chi connectivity index (χ4v) is 9.00. The second-order valence-corrected chi connectivity index (χ2v) is 14.8. The van der Waals surface area contributed by atoms with Crippen LogP contribution in [-0.2, 0) is 0 Å². The van der Waals surface area contributed by atoms with Gasteiger partial charge in [0.25, 0.3) is 0 Å². The first-order chi connectivity index (χ1) is 28.8. The summed E-state index contributed by atoms with van der Waals surface area (Å²) in [5.74, 6) is 0.635. The quantitative estimate of drug-likeness (QED) is 0.177. The number of aromatic nitrogens is 5. The molecule has 5 heteroatoms. The second kappa shape index (κ2) is 12.8. The Bertz CT molecular complexity index is 3550. The topological polar surface area (TPSA) is 48.5 Å². The highest BCUT2D eigenvalue weighted by atomic mass is 15.2. The fraction of sp³-hybridized carbons (Fsp3) is 0. The molecule has 0 saturated carbocycles. The smallest absolute Gasteiger partial charge is 0.235 e. The van der Waals surface area contributed by atoms with E-state index >= 15 is 0 Å². The van der Waals surface area contributed by atoms with Crippen LogP contribution in [0.3, 0.4) is 0 Å². The predicted molar refractivity (Wildman–Crippen MR) is 240 cm³/mol. The van der Waals surface area contributed by atoms with Crippen molar-refractivity contribution in [3.8, 4) is 45.3 Å². The summed E-state index contributed by atoms with van der Waals surface area (Å²) < 4.78 is 4.63. The molecule has 12 aromatic rings. The standard InChI is InChI=1S/C53H33N5/c1-2-14-37(15-3-1)57-47-23-10-7-17-39(47)44-32-36(29-30-49(44)57)43-33-50-51(40-18-5-4-16-38(40)43)42-20-8-11-24-48(42)58(50)53-55-46-22-9-6-19-41(46)52(56-53)35-27-25-34(26-28-35)45-21-12-13-31-54-45/h1-33H. The molecule has 0 radical (unpaired) electrons. The van der Waals surface area contributed by atoms with E-state index in [0.717, 1.165) is 61.3 Å². The number of pyridine rings is 1. The zero-order chi connectivity index (χ0) is 38.2. The zero-order valence-electron chi connectivity index (χ0n) is 31.3. The van der Waals surface area contributed by atoms with Crippen LogP contribution in [0.5, 0.6) is 0 Å². The van der Waals surface area contributed by atoms with Crippen LogP contribution in [0.15, 0.2) is 200 Å². The summed E-state index contributed by atoms with van der Waals surface area (Å²) in [5.41, 5.74) is 12.8. The Morgan fingerprint density at radius 2 is 0.983 bits per heavy atom. The van der Waals surface area contributed by atoms with Gasteiger partial charge < -0.3 is 4.57 Å². The third-order valence-electron chi connectivity index (χ3n) is 11.6. The van der Waals surface area contributed by atoms with Crippen LogP contribution in [0.25, 0.3) is 111 Å². The molecule has 0 spiro atoms. The molecule has 0 unspecified atom stereocenters. The molecular weight excluding hydrogens is 707 g/mol. The summed E-state index contributed by atoms with van der Waals surface area (Å²) in [6, 6.07) is 68.9. The van der Waals surface area contributed by atoms with Gasteiger partial charge in [-0.2, -0.15) is 0 Å². The van der Waals surface area contributed by atoms with E-state index in [-0.39, 0.29) is 0 Å². The number of rotatable bonds is 5. The lowest BCUT2D eigenvalue weighted by molar-refractivity contribution is 1.01. The number of para-hydroxylation sites is 4. The molecule has 58 heavy (non-hydrogen) atoms. The van der Waals surface area contributed by atoms with Crippen molar-refractivity contribution in [2.24, 2.45) is 0 Å². The minimum absolute atomic E-state index is 0.635. The molecule has 0 aliphatic heterocycles. The average Bonchev–Trinajstić information content (AvgIpc) is 3.82. The number of nitrogens with zero attached hydrogens (tertiary/aromatic N) is 5. The number of benzene rings is 8. The van der Waals surface area contributed by atoms with Gasteiger partial charge in [-0.25, -0.2) is 9.97 Å². The van der Waals surface area contributed by atoms with Crippen molar-refractivity contribution in [1.29, 1.82) is 0 Å². The van der Waals surface area contributed by atoms with E-state index in [9.17, 15) is 0 Å². The van der Waals surface area contributed by atoms with Gasteiger partial charge in [0, 0.05) is 49.9 Å². The molecular formula is C53H33N5. The molecule has 0 aliphatic rings.